The number of aliphatic imine (C=N–C) groups is 1. The topological polar surface area (TPSA) is 82.0 Å². The van der Waals surface area contributed by atoms with Crippen molar-refractivity contribution >= 4 is 51.3 Å². The number of ether oxygens (including phenoxy) is 1. The number of hydrogen-bond acceptors (Lipinski definition) is 6. The second-order valence-corrected chi connectivity index (χ2v) is 7.83. The summed E-state index contributed by atoms with van der Waals surface area (Å²) in [6.07, 6.45) is 2.03. The van der Waals surface area contributed by atoms with Crippen LogP contribution in [0.1, 0.15) is 11.1 Å². The number of esters is 1. The van der Waals surface area contributed by atoms with E-state index in [1.165, 1.54) is 36.4 Å². The average molecular weight is 430 g/mol. The Morgan fingerprint density at radius 2 is 1.93 bits per heavy atom. The number of hydrogen-bond donors (Lipinski definition) is 0. The number of carbonyl (C=O) groups excluding carboxylic acids is 1. The number of halogens is 3. The van der Waals surface area contributed by atoms with Gasteiger partial charge in [-0.15, -0.1) is 0 Å². The molecule has 0 aromatic heterocycles. The predicted octanol–water partition coefficient (Wildman–Crippen LogP) is 3.82. The molecule has 0 amide bonds. The van der Waals surface area contributed by atoms with Gasteiger partial charge in [0.1, 0.15) is 5.82 Å². The highest BCUT2D eigenvalue weighted by atomic mass is 35.5. The minimum Gasteiger partial charge on any atom is -0.402 e. The first kappa shape index (κ1) is 19.3. The van der Waals surface area contributed by atoms with Crippen molar-refractivity contribution in [3.63, 3.8) is 0 Å². The number of nitrogens with zero attached hydrogens (tertiary/aromatic N) is 1. The molecule has 0 bridgehead atoms. The molecule has 0 fully saturated rings. The van der Waals surface area contributed by atoms with E-state index in [-0.39, 0.29) is 38.5 Å². The number of benzene rings is 2. The lowest BCUT2D eigenvalue weighted by atomic mass is 10.1. The molecule has 0 atom stereocenters. The summed E-state index contributed by atoms with van der Waals surface area (Å²) in [5.74, 6) is -1.91. The first-order chi connectivity index (χ1) is 12.6. The molecule has 2 aromatic rings. The third-order valence-corrected chi connectivity index (χ3v) is 4.26. The molecule has 0 N–H and O–H groups in total. The summed E-state index contributed by atoms with van der Waals surface area (Å²) in [6, 6.07) is 8.26. The summed E-state index contributed by atoms with van der Waals surface area (Å²) in [6.45, 7) is 0. The maximum absolute atomic E-state index is 13.9. The predicted molar refractivity (Wildman–Crippen MR) is 98.9 cm³/mol. The van der Waals surface area contributed by atoms with Crippen molar-refractivity contribution in [1.29, 1.82) is 0 Å². The normalized spacial score (nSPS) is 15.6. The summed E-state index contributed by atoms with van der Waals surface area (Å²) in [5, 5.41) is 0.0989. The van der Waals surface area contributed by atoms with Crippen LogP contribution in [0.4, 0.5) is 4.39 Å². The molecule has 3 rings (SSSR count). The highest BCUT2D eigenvalue weighted by molar-refractivity contribution is 7.86. The summed E-state index contributed by atoms with van der Waals surface area (Å²) in [7, 11) is -3.90. The molecule has 0 unspecified atom stereocenters. The zero-order chi connectivity index (χ0) is 19.8. The highest BCUT2D eigenvalue weighted by Crippen LogP contribution is 2.35. The molecule has 10 heteroatoms. The second kappa shape index (κ2) is 7.30. The molecule has 27 heavy (non-hydrogen) atoms. The molecule has 1 heterocycles. The van der Waals surface area contributed by atoms with Crippen LogP contribution in [-0.4, -0.2) is 26.5 Å². The summed E-state index contributed by atoms with van der Waals surface area (Å²) >= 11 is 11.9. The van der Waals surface area contributed by atoms with E-state index in [1.807, 2.05) is 0 Å². The first-order valence-electron chi connectivity index (χ1n) is 7.30. The Morgan fingerprint density at radius 3 is 2.59 bits per heavy atom. The zero-order valence-corrected chi connectivity index (χ0v) is 15.9. The van der Waals surface area contributed by atoms with Gasteiger partial charge in [0.15, 0.2) is 11.4 Å². The highest BCUT2D eigenvalue weighted by Gasteiger charge is 2.27. The Hall–Kier alpha value is -2.42. The Labute approximate surface area is 164 Å². The van der Waals surface area contributed by atoms with E-state index < -0.39 is 21.9 Å². The van der Waals surface area contributed by atoms with Gasteiger partial charge in [0, 0.05) is 10.6 Å². The quantitative estimate of drug-likeness (QED) is 0.419. The van der Waals surface area contributed by atoms with E-state index in [4.69, 9.17) is 32.1 Å². The largest absolute Gasteiger partial charge is 0.402 e. The number of cyclic esters (lactones) is 1. The van der Waals surface area contributed by atoms with Crippen LogP contribution < -0.4 is 4.18 Å². The molecule has 6 nitrogen and oxygen atoms in total. The van der Waals surface area contributed by atoms with Gasteiger partial charge in [0.2, 0.25) is 5.90 Å². The lowest BCUT2D eigenvalue weighted by Crippen LogP contribution is -2.08. The minimum atomic E-state index is -3.90. The standard InChI is InChI=1S/C17H10Cl2FNO5S/c1-27(23,24)26-15-9(6-10(18)8-12(15)19)7-14-17(22)25-16(21-14)11-4-2-3-5-13(11)20/h2-8H,1H3/b14-7+. The lowest BCUT2D eigenvalue weighted by molar-refractivity contribution is -0.129. The Bertz CT molecular complexity index is 1110. The molecule has 0 spiro atoms. The van der Waals surface area contributed by atoms with Gasteiger partial charge in [-0.25, -0.2) is 14.2 Å². The molecule has 1 aliphatic heterocycles. The zero-order valence-electron chi connectivity index (χ0n) is 13.6. The van der Waals surface area contributed by atoms with Crippen molar-refractivity contribution in [2.75, 3.05) is 6.26 Å². The summed E-state index contributed by atoms with van der Waals surface area (Å²) in [4.78, 5) is 16.1. The van der Waals surface area contributed by atoms with Gasteiger partial charge >= 0.3 is 16.1 Å². The Balaban J connectivity index is 2.09. The summed E-state index contributed by atoms with van der Waals surface area (Å²) < 4.78 is 46.7. The SMILES string of the molecule is CS(=O)(=O)Oc1c(Cl)cc(Cl)cc1/C=C1/N=C(c2ccccc2F)OC1=O. The fourth-order valence-corrected chi connectivity index (χ4v) is 3.32. The van der Waals surface area contributed by atoms with Crippen LogP contribution >= 0.6 is 23.2 Å². The smallest absolute Gasteiger partial charge is 0.363 e. The Kier molecular flexibility index (Phi) is 5.23. The maximum atomic E-state index is 13.9. The lowest BCUT2D eigenvalue weighted by Gasteiger charge is -2.09. The third kappa shape index (κ3) is 4.47. The van der Waals surface area contributed by atoms with E-state index in [1.54, 1.807) is 6.07 Å². The van der Waals surface area contributed by atoms with Gasteiger partial charge in [0.25, 0.3) is 0 Å². The molecule has 140 valence electrons. The average Bonchev–Trinajstić information content (AvgIpc) is 2.91. The van der Waals surface area contributed by atoms with Crippen LogP contribution in [0, 0.1) is 5.82 Å². The van der Waals surface area contributed by atoms with Gasteiger partial charge in [-0.1, -0.05) is 35.3 Å². The van der Waals surface area contributed by atoms with Crippen LogP contribution in [0.2, 0.25) is 10.0 Å². The molecule has 1 aliphatic rings. The van der Waals surface area contributed by atoms with Crippen molar-refractivity contribution < 1.29 is 26.5 Å². The molecular formula is C17H10Cl2FNO5S. The van der Waals surface area contributed by atoms with Crippen LogP contribution in [0.5, 0.6) is 5.75 Å². The monoisotopic (exact) mass is 429 g/mol. The van der Waals surface area contributed by atoms with Crippen LogP contribution in [-0.2, 0) is 19.6 Å². The van der Waals surface area contributed by atoms with Gasteiger partial charge < -0.3 is 8.92 Å². The fourth-order valence-electron chi connectivity index (χ4n) is 2.23. The molecule has 0 saturated carbocycles. The second-order valence-electron chi connectivity index (χ2n) is 5.41. The van der Waals surface area contributed by atoms with E-state index in [0.717, 1.165) is 6.26 Å². The summed E-state index contributed by atoms with van der Waals surface area (Å²) in [5.41, 5.74) is -0.112. The van der Waals surface area contributed by atoms with Crippen molar-refractivity contribution in [2.24, 2.45) is 4.99 Å². The van der Waals surface area contributed by atoms with E-state index in [2.05, 4.69) is 4.99 Å². The fraction of sp³-hybridized carbons (Fsp3) is 0.0588. The molecule has 2 aromatic carbocycles. The third-order valence-electron chi connectivity index (χ3n) is 3.29. The van der Waals surface area contributed by atoms with Crippen molar-refractivity contribution in [3.8, 4) is 5.75 Å². The molecular weight excluding hydrogens is 420 g/mol. The van der Waals surface area contributed by atoms with Crippen molar-refractivity contribution in [1.82, 2.24) is 0 Å². The molecule has 0 aliphatic carbocycles. The van der Waals surface area contributed by atoms with E-state index in [0.29, 0.717) is 0 Å². The first-order valence-corrected chi connectivity index (χ1v) is 9.87. The van der Waals surface area contributed by atoms with Gasteiger partial charge in [-0.3, -0.25) is 0 Å². The van der Waals surface area contributed by atoms with E-state index >= 15 is 0 Å². The minimum absolute atomic E-state index is 0.00554. The van der Waals surface area contributed by atoms with Crippen LogP contribution in [0.15, 0.2) is 47.1 Å². The Morgan fingerprint density at radius 1 is 1.22 bits per heavy atom. The van der Waals surface area contributed by atoms with Crippen molar-refractivity contribution in [2.45, 2.75) is 0 Å². The van der Waals surface area contributed by atoms with Crippen LogP contribution in [0.3, 0.4) is 0 Å². The van der Waals surface area contributed by atoms with Gasteiger partial charge in [-0.2, -0.15) is 8.42 Å². The van der Waals surface area contributed by atoms with Gasteiger partial charge in [-0.05, 0) is 30.3 Å². The molecule has 0 saturated heterocycles. The van der Waals surface area contributed by atoms with Crippen LogP contribution in [0.25, 0.3) is 6.08 Å². The number of carbonyl (C=O) groups is 1. The van der Waals surface area contributed by atoms with E-state index in [9.17, 15) is 17.6 Å². The maximum Gasteiger partial charge on any atom is 0.363 e. The van der Waals surface area contributed by atoms with Gasteiger partial charge in [0.05, 0.1) is 16.8 Å². The number of rotatable bonds is 4. The van der Waals surface area contributed by atoms with Crippen molar-refractivity contribution in [3.05, 3.63) is 69.1 Å². The molecule has 0 radical (unpaired) electrons.